The number of hydrogen-bond acceptors (Lipinski definition) is 2. The fourth-order valence-electron chi connectivity index (χ4n) is 1.61. The molecule has 0 bridgehead atoms. The molecular weight excluding hydrogens is 252 g/mol. The first kappa shape index (κ1) is 12.5. The number of imidazole rings is 1. The summed E-state index contributed by atoms with van der Waals surface area (Å²) in [4.78, 5) is 14.8. The van der Waals surface area contributed by atoms with E-state index in [1.54, 1.807) is 0 Å². The molecule has 1 aromatic carbocycles. The number of rotatable bonds is 2. The Balaban J connectivity index is 2.41. The molecular formula is C11H8F4N2O. The predicted octanol–water partition coefficient (Wildman–Crippen LogP) is 2.39. The van der Waals surface area contributed by atoms with Crippen LogP contribution in [0.15, 0.2) is 18.2 Å². The van der Waals surface area contributed by atoms with Gasteiger partial charge in [0, 0.05) is 7.05 Å². The maximum Gasteiger partial charge on any atom is 0.450 e. The maximum atomic E-state index is 13.0. The third-order valence-electron chi connectivity index (χ3n) is 2.57. The lowest BCUT2D eigenvalue weighted by Crippen LogP contribution is -2.25. The van der Waals surface area contributed by atoms with E-state index in [2.05, 4.69) is 4.98 Å². The van der Waals surface area contributed by atoms with Gasteiger partial charge in [-0.2, -0.15) is 13.2 Å². The van der Waals surface area contributed by atoms with Crippen LogP contribution < -0.4 is 0 Å². The van der Waals surface area contributed by atoms with Crippen LogP contribution in [0.2, 0.25) is 0 Å². The number of fused-ring (bicyclic) bond motifs is 1. The van der Waals surface area contributed by atoms with Gasteiger partial charge in [0.25, 0.3) is 0 Å². The Morgan fingerprint density at radius 1 is 1.39 bits per heavy atom. The van der Waals surface area contributed by atoms with E-state index in [0.29, 0.717) is 11.0 Å². The molecule has 0 N–H and O–H groups in total. The normalized spacial score (nSPS) is 12.1. The lowest BCUT2D eigenvalue weighted by Gasteiger charge is -2.05. The highest BCUT2D eigenvalue weighted by Gasteiger charge is 2.38. The summed E-state index contributed by atoms with van der Waals surface area (Å²) < 4.78 is 50.7. The highest BCUT2D eigenvalue weighted by molar-refractivity contribution is 5.86. The van der Waals surface area contributed by atoms with Gasteiger partial charge in [-0.25, -0.2) is 9.37 Å². The number of hydrogen-bond donors (Lipinski definition) is 0. The largest absolute Gasteiger partial charge is 0.450 e. The van der Waals surface area contributed by atoms with Crippen molar-refractivity contribution in [3.8, 4) is 0 Å². The monoisotopic (exact) mass is 260 g/mol. The SMILES string of the molecule is Cn1c(CC(=O)C(F)(F)F)nc2ccc(F)cc21. The number of nitrogens with zero attached hydrogens (tertiary/aromatic N) is 2. The van der Waals surface area contributed by atoms with Crippen LogP contribution in [0.3, 0.4) is 0 Å². The summed E-state index contributed by atoms with van der Waals surface area (Å²) in [6.07, 6.45) is -5.74. The third-order valence-corrected chi connectivity index (χ3v) is 2.57. The van der Waals surface area contributed by atoms with Crippen LogP contribution in [-0.4, -0.2) is 21.5 Å². The molecule has 18 heavy (non-hydrogen) atoms. The molecule has 0 atom stereocenters. The quantitative estimate of drug-likeness (QED) is 0.777. The molecule has 96 valence electrons. The molecule has 0 fully saturated rings. The maximum absolute atomic E-state index is 13.0. The third kappa shape index (κ3) is 2.20. The average Bonchev–Trinajstić information content (AvgIpc) is 2.55. The molecule has 1 heterocycles. The van der Waals surface area contributed by atoms with Gasteiger partial charge < -0.3 is 4.57 Å². The summed E-state index contributed by atoms with van der Waals surface area (Å²) in [5.41, 5.74) is 0.698. The highest BCUT2D eigenvalue weighted by Crippen LogP contribution is 2.21. The van der Waals surface area contributed by atoms with Gasteiger partial charge in [0.15, 0.2) is 0 Å². The minimum absolute atomic E-state index is 0.0436. The number of Topliss-reactive ketones (excluding diaryl/α,β-unsaturated/α-hetero) is 1. The molecule has 0 saturated carbocycles. The van der Waals surface area contributed by atoms with Crippen molar-refractivity contribution in [1.29, 1.82) is 0 Å². The van der Waals surface area contributed by atoms with E-state index in [-0.39, 0.29) is 5.82 Å². The molecule has 0 spiro atoms. The Morgan fingerprint density at radius 3 is 2.67 bits per heavy atom. The molecule has 0 saturated heterocycles. The number of ketones is 1. The molecule has 7 heteroatoms. The van der Waals surface area contributed by atoms with Crippen molar-refractivity contribution in [3.05, 3.63) is 29.8 Å². The zero-order chi connectivity index (χ0) is 13.5. The zero-order valence-electron chi connectivity index (χ0n) is 9.25. The number of halogens is 4. The van der Waals surface area contributed by atoms with Crippen LogP contribution in [0.1, 0.15) is 5.82 Å². The standard InChI is InChI=1S/C11H8F4N2O/c1-17-8-4-6(12)2-3-7(8)16-10(17)5-9(18)11(13,14)15/h2-4H,5H2,1H3. The van der Waals surface area contributed by atoms with Crippen molar-refractivity contribution in [2.75, 3.05) is 0 Å². The Hall–Kier alpha value is -1.92. The number of alkyl halides is 3. The van der Waals surface area contributed by atoms with Gasteiger partial charge in [0.2, 0.25) is 5.78 Å². The van der Waals surface area contributed by atoms with E-state index in [0.717, 1.165) is 12.1 Å². The highest BCUT2D eigenvalue weighted by atomic mass is 19.4. The number of carbonyl (C=O) groups excluding carboxylic acids is 1. The Bertz CT molecular complexity index is 615. The number of benzene rings is 1. The van der Waals surface area contributed by atoms with Gasteiger partial charge in [-0.1, -0.05) is 0 Å². The van der Waals surface area contributed by atoms with E-state index in [1.165, 1.54) is 17.7 Å². The second-order valence-corrected chi connectivity index (χ2v) is 3.82. The van der Waals surface area contributed by atoms with Crippen LogP contribution in [0.4, 0.5) is 17.6 Å². The number of aryl methyl sites for hydroxylation is 1. The van der Waals surface area contributed by atoms with Gasteiger partial charge in [0.05, 0.1) is 17.5 Å². The molecule has 0 radical (unpaired) electrons. The van der Waals surface area contributed by atoms with E-state index in [1.807, 2.05) is 0 Å². The second-order valence-electron chi connectivity index (χ2n) is 3.82. The van der Waals surface area contributed by atoms with Gasteiger partial charge >= 0.3 is 6.18 Å². The number of carbonyl (C=O) groups is 1. The van der Waals surface area contributed by atoms with Crippen LogP contribution in [0, 0.1) is 5.82 Å². The lowest BCUT2D eigenvalue weighted by molar-refractivity contribution is -0.170. The van der Waals surface area contributed by atoms with Crippen LogP contribution in [0.25, 0.3) is 11.0 Å². The summed E-state index contributed by atoms with van der Waals surface area (Å²) in [7, 11) is 1.44. The molecule has 0 aliphatic rings. The van der Waals surface area contributed by atoms with Crippen molar-refractivity contribution >= 4 is 16.8 Å². The second kappa shape index (κ2) is 4.08. The van der Waals surface area contributed by atoms with E-state index in [4.69, 9.17) is 0 Å². The van der Waals surface area contributed by atoms with Crippen molar-refractivity contribution < 1.29 is 22.4 Å². The van der Waals surface area contributed by atoms with E-state index in [9.17, 15) is 22.4 Å². The summed E-state index contributed by atoms with van der Waals surface area (Å²) in [5.74, 6) is -2.43. The fraction of sp³-hybridized carbons (Fsp3) is 0.273. The summed E-state index contributed by atoms with van der Waals surface area (Å²) in [6.45, 7) is 0. The summed E-state index contributed by atoms with van der Waals surface area (Å²) >= 11 is 0. The average molecular weight is 260 g/mol. The fourth-order valence-corrected chi connectivity index (χ4v) is 1.61. The first-order valence-electron chi connectivity index (χ1n) is 5.00. The molecule has 3 nitrogen and oxygen atoms in total. The minimum Gasteiger partial charge on any atom is -0.331 e. The van der Waals surface area contributed by atoms with Crippen molar-refractivity contribution in [3.63, 3.8) is 0 Å². The van der Waals surface area contributed by atoms with Crippen LogP contribution in [0.5, 0.6) is 0 Å². The first-order chi connectivity index (χ1) is 8.29. The Kier molecular flexibility index (Phi) is 2.84. The molecule has 0 amide bonds. The van der Waals surface area contributed by atoms with E-state index >= 15 is 0 Å². The topological polar surface area (TPSA) is 34.9 Å². The van der Waals surface area contributed by atoms with Gasteiger partial charge in [-0.05, 0) is 18.2 Å². The molecule has 1 aromatic heterocycles. The Morgan fingerprint density at radius 2 is 2.06 bits per heavy atom. The van der Waals surface area contributed by atoms with Crippen molar-refractivity contribution in [2.24, 2.45) is 7.05 Å². The molecule has 2 aromatic rings. The molecule has 2 rings (SSSR count). The Labute approximate surface area is 99.0 Å². The van der Waals surface area contributed by atoms with Gasteiger partial charge in [-0.3, -0.25) is 4.79 Å². The predicted molar refractivity (Wildman–Crippen MR) is 55.4 cm³/mol. The van der Waals surface area contributed by atoms with Crippen molar-refractivity contribution in [1.82, 2.24) is 9.55 Å². The summed E-state index contributed by atoms with van der Waals surface area (Å²) in [5, 5.41) is 0. The zero-order valence-corrected chi connectivity index (χ0v) is 9.25. The van der Waals surface area contributed by atoms with E-state index < -0.39 is 24.2 Å². The van der Waals surface area contributed by atoms with Crippen molar-refractivity contribution in [2.45, 2.75) is 12.6 Å². The molecule has 0 aliphatic heterocycles. The number of aromatic nitrogens is 2. The smallest absolute Gasteiger partial charge is 0.331 e. The molecule has 0 aliphatic carbocycles. The minimum atomic E-state index is -4.89. The first-order valence-corrected chi connectivity index (χ1v) is 5.00. The summed E-state index contributed by atoms with van der Waals surface area (Å²) in [6, 6.07) is 3.67. The lowest BCUT2D eigenvalue weighted by atomic mass is 10.2. The van der Waals surface area contributed by atoms with Crippen LogP contribution in [-0.2, 0) is 18.3 Å². The van der Waals surface area contributed by atoms with Gasteiger partial charge in [0.1, 0.15) is 11.6 Å². The van der Waals surface area contributed by atoms with Gasteiger partial charge in [-0.15, -0.1) is 0 Å². The molecule has 0 unspecified atom stereocenters. The van der Waals surface area contributed by atoms with Crippen LogP contribution >= 0.6 is 0 Å².